The molecule has 2 atom stereocenters. The van der Waals surface area contributed by atoms with Crippen LogP contribution in [0.25, 0.3) is 0 Å². The van der Waals surface area contributed by atoms with E-state index in [-0.39, 0.29) is 17.6 Å². The van der Waals surface area contributed by atoms with Gasteiger partial charge in [-0.15, -0.1) is 0 Å². The van der Waals surface area contributed by atoms with Crippen LogP contribution in [0.4, 0.5) is 0 Å². The van der Waals surface area contributed by atoms with E-state index in [1.165, 1.54) is 0 Å². The fraction of sp³-hybridized carbons (Fsp3) is 0.526. The third-order valence-corrected chi connectivity index (χ3v) is 4.73. The molecular formula is C19H26O3. The van der Waals surface area contributed by atoms with Crippen LogP contribution in [-0.2, 0) is 17.6 Å². The molecule has 0 aliphatic carbocycles. The minimum atomic E-state index is -0.0457. The molecule has 2 aromatic heterocycles. The van der Waals surface area contributed by atoms with Crippen LogP contribution in [0.1, 0.15) is 47.6 Å². The zero-order valence-corrected chi connectivity index (χ0v) is 14.4. The van der Waals surface area contributed by atoms with Gasteiger partial charge in [-0.2, -0.15) is 0 Å². The molecule has 0 amide bonds. The summed E-state index contributed by atoms with van der Waals surface area (Å²) in [6.45, 7) is 12.1. The van der Waals surface area contributed by atoms with Gasteiger partial charge in [-0.1, -0.05) is 13.8 Å². The van der Waals surface area contributed by atoms with E-state index in [1.807, 2.05) is 41.5 Å². The summed E-state index contributed by atoms with van der Waals surface area (Å²) in [5.41, 5.74) is 4.60. The van der Waals surface area contributed by atoms with E-state index in [0.29, 0.717) is 12.8 Å². The molecule has 2 unspecified atom stereocenters. The summed E-state index contributed by atoms with van der Waals surface area (Å²) in [5.74, 6) is 2.03. The summed E-state index contributed by atoms with van der Waals surface area (Å²) < 4.78 is 11.1. The van der Waals surface area contributed by atoms with Gasteiger partial charge in [0.05, 0.1) is 12.5 Å². The van der Waals surface area contributed by atoms with Crippen molar-refractivity contribution >= 4 is 5.78 Å². The smallest absolute Gasteiger partial charge is 0.139 e. The molecule has 2 aromatic rings. The van der Waals surface area contributed by atoms with Crippen molar-refractivity contribution in [3.63, 3.8) is 0 Å². The quantitative estimate of drug-likeness (QED) is 0.774. The van der Waals surface area contributed by atoms with Gasteiger partial charge >= 0.3 is 0 Å². The van der Waals surface area contributed by atoms with Gasteiger partial charge in [0.15, 0.2) is 0 Å². The van der Waals surface area contributed by atoms with Crippen LogP contribution in [0.3, 0.4) is 0 Å². The standard InChI is InChI=1S/C19H26O3/c1-11(7-17-15(5)13(3)9-21-17)19(20)12(2)8-18-16(6)14(4)10-22-18/h9-12H,7-8H2,1-6H3. The lowest BCUT2D eigenvalue weighted by molar-refractivity contribution is -0.126. The molecule has 22 heavy (non-hydrogen) atoms. The SMILES string of the molecule is Cc1coc(CC(C)C(=O)C(C)Cc2occ(C)c2C)c1C. The number of hydrogen-bond acceptors (Lipinski definition) is 3. The molecular weight excluding hydrogens is 276 g/mol. The average molecular weight is 302 g/mol. The number of Topliss-reactive ketones (excluding diaryl/α,β-unsaturated/α-hetero) is 1. The summed E-state index contributed by atoms with van der Waals surface area (Å²) in [7, 11) is 0. The van der Waals surface area contributed by atoms with Crippen LogP contribution in [0, 0.1) is 39.5 Å². The van der Waals surface area contributed by atoms with Crippen LogP contribution in [0.2, 0.25) is 0 Å². The zero-order chi connectivity index (χ0) is 16.4. The van der Waals surface area contributed by atoms with Gasteiger partial charge in [0.25, 0.3) is 0 Å². The van der Waals surface area contributed by atoms with E-state index in [1.54, 1.807) is 12.5 Å². The molecule has 0 N–H and O–H groups in total. The first kappa shape index (κ1) is 16.6. The van der Waals surface area contributed by atoms with Gasteiger partial charge < -0.3 is 8.83 Å². The number of rotatable bonds is 6. The molecule has 3 nitrogen and oxygen atoms in total. The van der Waals surface area contributed by atoms with Crippen molar-refractivity contribution < 1.29 is 13.6 Å². The molecule has 120 valence electrons. The highest BCUT2D eigenvalue weighted by Gasteiger charge is 2.24. The number of hydrogen-bond donors (Lipinski definition) is 0. The molecule has 0 radical (unpaired) electrons. The molecule has 0 bridgehead atoms. The average Bonchev–Trinajstić information content (AvgIpc) is 2.96. The van der Waals surface area contributed by atoms with E-state index >= 15 is 0 Å². The Bertz CT molecular complexity index is 604. The summed E-state index contributed by atoms with van der Waals surface area (Å²) in [6.07, 6.45) is 4.86. The van der Waals surface area contributed by atoms with Crippen LogP contribution >= 0.6 is 0 Å². The predicted octanol–water partition coefficient (Wildman–Crippen LogP) is 4.73. The second kappa shape index (κ2) is 6.55. The molecule has 2 rings (SSSR count). The number of ketones is 1. The highest BCUT2D eigenvalue weighted by molar-refractivity contribution is 5.83. The summed E-state index contributed by atoms with van der Waals surface area (Å²) in [5, 5.41) is 0. The Balaban J connectivity index is 2.00. The zero-order valence-electron chi connectivity index (χ0n) is 14.4. The van der Waals surface area contributed by atoms with Gasteiger partial charge in [-0.25, -0.2) is 0 Å². The molecule has 0 aliphatic heterocycles. The Morgan fingerprint density at radius 2 is 1.23 bits per heavy atom. The van der Waals surface area contributed by atoms with Crippen LogP contribution in [0.15, 0.2) is 21.4 Å². The Hall–Kier alpha value is -1.77. The molecule has 0 aromatic carbocycles. The van der Waals surface area contributed by atoms with Gasteiger partial charge in [-0.3, -0.25) is 4.79 Å². The fourth-order valence-corrected chi connectivity index (χ4v) is 2.76. The number of aryl methyl sites for hydroxylation is 2. The van der Waals surface area contributed by atoms with Gasteiger partial charge in [0.1, 0.15) is 17.3 Å². The predicted molar refractivity (Wildman–Crippen MR) is 87.1 cm³/mol. The third kappa shape index (κ3) is 3.34. The topological polar surface area (TPSA) is 43.4 Å². The molecule has 0 spiro atoms. The van der Waals surface area contributed by atoms with Gasteiger partial charge in [-0.05, 0) is 49.9 Å². The minimum absolute atomic E-state index is 0.0457. The molecule has 2 heterocycles. The van der Waals surface area contributed by atoms with Gasteiger partial charge in [0, 0.05) is 24.7 Å². The first-order chi connectivity index (χ1) is 10.3. The van der Waals surface area contributed by atoms with Crippen molar-refractivity contribution in [1.29, 1.82) is 0 Å². The summed E-state index contributed by atoms with van der Waals surface area (Å²) in [4.78, 5) is 12.6. The van der Waals surface area contributed by atoms with E-state index in [2.05, 4.69) is 0 Å². The molecule has 3 heteroatoms. The lowest BCUT2D eigenvalue weighted by atomic mass is 9.88. The van der Waals surface area contributed by atoms with Gasteiger partial charge in [0.2, 0.25) is 0 Å². The van der Waals surface area contributed by atoms with Crippen molar-refractivity contribution in [2.24, 2.45) is 11.8 Å². The second-order valence-electron chi connectivity index (χ2n) is 6.55. The van der Waals surface area contributed by atoms with Crippen LogP contribution in [0.5, 0.6) is 0 Å². The van der Waals surface area contributed by atoms with Crippen LogP contribution in [-0.4, -0.2) is 5.78 Å². The van der Waals surface area contributed by atoms with E-state index in [0.717, 1.165) is 33.8 Å². The van der Waals surface area contributed by atoms with Crippen molar-refractivity contribution in [2.45, 2.75) is 54.4 Å². The minimum Gasteiger partial charge on any atom is -0.469 e. The monoisotopic (exact) mass is 302 g/mol. The largest absolute Gasteiger partial charge is 0.469 e. The number of carbonyl (C=O) groups excluding carboxylic acids is 1. The fourth-order valence-electron chi connectivity index (χ4n) is 2.76. The molecule has 0 aliphatic rings. The Kier molecular flexibility index (Phi) is 4.94. The van der Waals surface area contributed by atoms with E-state index in [4.69, 9.17) is 8.83 Å². The maximum atomic E-state index is 12.6. The lowest BCUT2D eigenvalue weighted by Crippen LogP contribution is -2.23. The number of carbonyl (C=O) groups is 1. The molecule has 0 saturated heterocycles. The van der Waals surface area contributed by atoms with Crippen molar-refractivity contribution in [1.82, 2.24) is 0 Å². The van der Waals surface area contributed by atoms with Crippen LogP contribution < -0.4 is 0 Å². The highest BCUT2D eigenvalue weighted by atomic mass is 16.3. The summed E-state index contributed by atoms with van der Waals surface area (Å²) in [6, 6.07) is 0. The third-order valence-electron chi connectivity index (χ3n) is 4.73. The first-order valence-corrected chi connectivity index (χ1v) is 7.92. The second-order valence-corrected chi connectivity index (χ2v) is 6.55. The van der Waals surface area contributed by atoms with E-state index < -0.39 is 0 Å². The normalized spacial score (nSPS) is 14.1. The first-order valence-electron chi connectivity index (χ1n) is 7.92. The molecule has 0 fully saturated rings. The summed E-state index contributed by atoms with van der Waals surface area (Å²) >= 11 is 0. The number of furan rings is 2. The van der Waals surface area contributed by atoms with Crippen molar-refractivity contribution in [3.8, 4) is 0 Å². The maximum Gasteiger partial charge on any atom is 0.139 e. The Morgan fingerprint density at radius 3 is 1.50 bits per heavy atom. The van der Waals surface area contributed by atoms with Crippen molar-refractivity contribution in [2.75, 3.05) is 0 Å². The highest BCUT2D eigenvalue weighted by Crippen LogP contribution is 2.24. The Labute approximate surface area is 132 Å². The maximum absolute atomic E-state index is 12.6. The molecule has 0 saturated carbocycles. The van der Waals surface area contributed by atoms with Crippen molar-refractivity contribution in [3.05, 3.63) is 46.3 Å². The van der Waals surface area contributed by atoms with E-state index in [9.17, 15) is 4.79 Å². The Morgan fingerprint density at radius 1 is 0.864 bits per heavy atom. The lowest BCUT2D eigenvalue weighted by Gasteiger charge is -2.15.